The Morgan fingerprint density at radius 3 is 1.47 bits per heavy atom. The van der Waals surface area contributed by atoms with E-state index in [4.69, 9.17) is 0 Å². The molecule has 0 nitrogen and oxygen atoms in total. The summed E-state index contributed by atoms with van der Waals surface area (Å²) in [5.74, 6) is 0. The molecule has 1 rings (SSSR count). The first-order chi connectivity index (χ1) is 8.38. The van der Waals surface area contributed by atoms with Gasteiger partial charge in [-0.05, 0) is 24.0 Å². The van der Waals surface area contributed by atoms with Crippen molar-refractivity contribution in [2.75, 3.05) is 0 Å². The summed E-state index contributed by atoms with van der Waals surface area (Å²) in [6, 6.07) is 8.72. The van der Waals surface area contributed by atoms with Crippen molar-refractivity contribution in [3.8, 4) is 0 Å². The van der Waals surface area contributed by atoms with Gasteiger partial charge in [-0.25, -0.2) is 0 Å². The third kappa shape index (κ3) is 11.5. The minimum absolute atomic E-state index is 1.16. The lowest BCUT2D eigenvalue weighted by Gasteiger charge is -2.04. The monoisotopic (exact) mass is 238 g/mol. The number of hydrogen-bond acceptors (Lipinski definition) is 0. The van der Waals surface area contributed by atoms with Crippen LogP contribution in [0.2, 0.25) is 0 Å². The molecular formula is C17H34. The van der Waals surface area contributed by atoms with Crippen LogP contribution < -0.4 is 0 Å². The summed E-state index contributed by atoms with van der Waals surface area (Å²) in [6.07, 6.45) is 3.64. The SMILES string of the molecule is CC.CC.CC.CCCc1ccccc1CC. The van der Waals surface area contributed by atoms with Crippen LogP contribution in [0.5, 0.6) is 0 Å². The Hall–Kier alpha value is -0.780. The Bertz CT molecular complexity index is 213. The van der Waals surface area contributed by atoms with Crippen LogP contribution in [0, 0.1) is 0 Å². The van der Waals surface area contributed by atoms with Gasteiger partial charge in [-0.15, -0.1) is 0 Å². The predicted molar refractivity (Wildman–Crippen MR) is 83.9 cm³/mol. The highest BCUT2D eigenvalue weighted by Gasteiger charge is 1.96. The van der Waals surface area contributed by atoms with E-state index in [1.807, 2.05) is 41.5 Å². The number of hydrogen-bond donors (Lipinski definition) is 0. The van der Waals surface area contributed by atoms with E-state index in [9.17, 15) is 0 Å². The lowest BCUT2D eigenvalue weighted by atomic mass is 10.0. The van der Waals surface area contributed by atoms with Gasteiger partial charge in [-0.3, -0.25) is 0 Å². The Labute approximate surface area is 110 Å². The van der Waals surface area contributed by atoms with Gasteiger partial charge >= 0.3 is 0 Å². The second kappa shape index (κ2) is 20.6. The van der Waals surface area contributed by atoms with E-state index in [0.29, 0.717) is 0 Å². The highest BCUT2D eigenvalue weighted by molar-refractivity contribution is 5.26. The van der Waals surface area contributed by atoms with E-state index in [2.05, 4.69) is 38.1 Å². The molecule has 0 aromatic heterocycles. The number of benzene rings is 1. The number of aryl methyl sites for hydroxylation is 2. The fraction of sp³-hybridized carbons (Fsp3) is 0.647. The summed E-state index contributed by atoms with van der Waals surface area (Å²) in [5, 5.41) is 0. The normalized spacial score (nSPS) is 7.53. The molecule has 0 saturated heterocycles. The fourth-order valence-corrected chi connectivity index (χ4v) is 1.42. The maximum absolute atomic E-state index is 2.24. The first kappa shape index (κ1) is 21.5. The second-order valence-corrected chi connectivity index (χ2v) is 2.87. The molecule has 0 atom stereocenters. The fourth-order valence-electron chi connectivity index (χ4n) is 1.42. The third-order valence-corrected chi connectivity index (χ3v) is 2.02. The molecule has 0 radical (unpaired) electrons. The maximum Gasteiger partial charge on any atom is -0.0279 e. The van der Waals surface area contributed by atoms with Crippen LogP contribution in [0.15, 0.2) is 24.3 Å². The Balaban J connectivity index is -0.000000285. The van der Waals surface area contributed by atoms with Crippen molar-refractivity contribution in [3.63, 3.8) is 0 Å². The average molecular weight is 238 g/mol. The lowest BCUT2D eigenvalue weighted by molar-refractivity contribution is 0.899. The molecule has 102 valence electrons. The maximum atomic E-state index is 2.24. The molecule has 17 heavy (non-hydrogen) atoms. The zero-order valence-electron chi connectivity index (χ0n) is 13.4. The van der Waals surface area contributed by atoms with Crippen molar-refractivity contribution < 1.29 is 0 Å². The van der Waals surface area contributed by atoms with Crippen molar-refractivity contribution >= 4 is 0 Å². The van der Waals surface area contributed by atoms with E-state index in [1.54, 1.807) is 0 Å². The quantitative estimate of drug-likeness (QED) is 0.581. The van der Waals surface area contributed by atoms with Gasteiger partial charge in [0.05, 0.1) is 0 Å². The van der Waals surface area contributed by atoms with Crippen LogP contribution in [-0.2, 0) is 12.8 Å². The highest BCUT2D eigenvalue weighted by atomic mass is 14.0. The molecule has 0 heterocycles. The summed E-state index contributed by atoms with van der Waals surface area (Å²) >= 11 is 0. The van der Waals surface area contributed by atoms with Gasteiger partial charge in [-0.2, -0.15) is 0 Å². The molecule has 1 aromatic rings. The summed E-state index contributed by atoms with van der Waals surface area (Å²) in [6.45, 7) is 16.4. The average Bonchev–Trinajstić information content (AvgIpc) is 2.46. The molecule has 0 spiro atoms. The zero-order valence-corrected chi connectivity index (χ0v) is 13.4. The molecule has 0 unspecified atom stereocenters. The van der Waals surface area contributed by atoms with Crippen LogP contribution in [0.1, 0.15) is 72.9 Å². The Morgan fingerprint density at radius 2 is 1.12 bits per heavy atom. The Kier molecular flexibility index (Phi) is 26.1. The van der Waals surface area contributed by atoms with Crippen LogP contribution in [-0.4, -0.2) is 0 Å². The van der Waals surface area contributed by atoms with Crippen molar-refractivity contribution in [1.82, 2.24) is 0 Å². The van der Waals surface area contributed by atoms with Crippen LogP contribution >= 0.6 is 0 Å². The molecule has 0 aliphatic heterocycles. The van der Waals surface area contributed by atoms with Gasteiger partial charge in [-0.1, -0.05) is 86.1 Å². The van der Waals surface area contributed by atoms with Crippen molar-refractivity contribution in [2.45, 2.75) is 74.7 Å². The second-order valence-electron chi connectivity index (χ2n) is 2.87. The van der Waals surface area contributed by atoms with Crippen molar-refractivity contribution in [2.24, 2.45) is 0 Å². The summed E-state index contributed by atoms with van der Waals surface area (Å²) in [7, 11) is 0. The van der Waals surface area contributed by atoms with Gasteiger partial charge in [0.15, 0.2) is 0 Å². The molecule has 0 fully saturated rings. The lowest BCUT2D eigenvalue weighted by Crippen LogP contribution is -1.90. The molecule has 0 saturated carbocycles. The Morgan fingerprint density at radius 1 is 0.706 bits per heavy atom. The van der Waals surface area contributed by atoms with Crippen LogP contribution in [0.4, 0.5) is 0 Å². The molecule has 0 heteroatoms. The van der Waals surface area contributed by atoms with Gasteiger partial charge in [0.2, 0.25) is 0 Å². The molecule has 0 N–H and O–H groups in total. The van der Waals surface area contributed by atoms with Gasteiger partial charge < -0.3 is 0 Å². The largest absolute Gasteiger partial charge is 0.0683 e. The summed E-state index contributed by atoms with van der Waals surface area (Å²) < 4.78 is 0. The van der Waals surface area contributed by atoms with E-state index in [1.165, 1.54) is 24.0 Å². The highest BCUT2D eigenvalue weighted by Crippen LogP contribution is 2.10. The van der Waals surface area contributed by atoms with E-state index >= 15 is 0 Å². The summed E-state index contributed by atoms with van der Waals surface area (Å²) in [5.41, 5.74) is 3.03. The minimum Gasteiger partial charge on any atom is -0.0683 e. The predicted octanol–water partition coefficient (Wildman–Crippen LogP) is 6.28. The minimum atomic E-state index is 1.16. The van der Waals surface area contributed by atoms with Crippen LogP contribution in [0.3, 0.4) is 0 Å². The first-order valence-electron chi connectivity index (χ1n) is 7.45. The molecular weight excluding hydrogens is 204 g/mol. The van der Waals surface area contributed by atoms with Crippen molar-refractivity contribution in [3.05, 3.63) is 35.4 Å². The standard InChI is InChI=1S/C11H16.3C2H6/c1-3-7-11-9-6-5-8-10(11)4-2;3*1-2/h5-6,8-9H,3-4,7H2,1-2H3;3*1-2H3. The van der Waals surface area contributed by atoms with Gasteiger partial charge in [0.1, 0.15) is 0 Å². The van der Waals surface area contributed by atoms with E-state index in [0.717, 1.165) is 6.42 Å². The molecule has 0 aliphatic rings. The smallest absolute Gasteiger partial charge is 0.0279 e. The summed E-state index contributed by atoms with van der Waals surface area (Å²) in [4.78, 5) is 0. The third-order valence-electron chi connectivity index (χ3n) is 2.02. The van der Waals surface area contributed by atoms with Gasteiger partial charge in [0, 0.05) is 0 Å². The molecule has 0 amide bonds. The van der Waals surface area contributed by atoms with Gasteiger partial charge in [0.25, 0.3) is 0 Å². The molecule has 0 aliphatic carbocycles. The van der Waals surface area contributed by atoms with Crippen LogP contribution in [0.25, 0.3) is 0 Å². The van der Waals surface area contributed by atoms with Crippen molar-refractivity contribution in [1.29, 1.82) is 0 Å². The van der Waals surface area contributed by atoms with E-state index in [-0.39, 0.29) is 0 Å². The topological polar surface area (TPSA) is 0 Å². The number of rotatable bonds is 3. The van der Waals surface area contributed by atoms with E-state index < -0.39 is 0 Å². The molecule has 0 bridgehead atoms. The first-order valence-corrected chi connectivity index (χ1v) is 7.45. The molecule has 1 aromatic carbocycles. The zero-order chi connectivity index (χ0) is 14.1.